The van der Waals surface area contributed by atoms with Crippen LogP contribution in [0.4, 0.5) is 0 Å². The Balaban J connectivity index is 2.28. The first-order valence-corrected chi connectivity index (χ1v) is 15.2. The molecule has 3 unspecified atom stereocenters. The van der Waals surface area contributed by atoms with Gasteiger partial charge in [0, 0.05) is 0 Å². The van der Waals surface area contributed by atoms with E-state index in [1.807, 2.05) is 0 Å². The Morgan fingerprint density at radius 2 is 1.06 bits per heavy atom. The lowest BCUT2D eigenvalue weighted by molar-refractivity contribution is 0.0966. The van der Waals surface area contributed by atoms with Gasteiger partial charge in [0.15, 0.2) is 0 Å². The Kier molecular flexibility index (Phi) is 16.0. The van der Waals surface area contributed by atoms with E-state index in [2.05, 4.69) is 47.2 Å². The van der Waals surface area contributed by atoms with Crippen LogP contribution in [-0.4, -0.2) is 5.75 Å². The summed E-state index contributed by atoms with van der Waals surface area (Å²) in [4.78, 5) is 0. The Morgan fingerprint density at radius 3 is 1.52 bits per heavy atom. The van der Waals surface area contributed by atoms with Gasteiger partial charge in [0.2, 0.25) is 0 Å². The molecule has 0 spiro atoms. The fourth-order valence-electron chi connectivity index (χ4n) is 6.61. The van der Waals surface area contributed by atoms with Crippen LogP contribution in [0.2, 0.25) is 0 Å². The topological polar surface area (TPSA) is 0 Å². The van der Waals surface area contributed by atoms with Crippen molar-refractivity contribution in [2.45, 2.75) is 163 Å². The van der Waals surface area contributed by atoms with E-state index in [1.54, 1.807) is 0 Å². The van der Waals surface area contributed by atoms with Crippen LogP contribution < -0.4 is 0 Å². The highest BCUT2D eigenvalue weighted by Gasteiger charge is 2.50. The maximum atomic E-state index is 4.53. The van der Waals surface area contributed by atoms with Crippen molar-refractivity contribution >= 4 is 12.6 Å². The van der Waals surface area contributed by atoms with Crippen molar-refractivity contribution in [1.29, 1.82) is 0 Å². The maximum absolute atomic E-state index is 4.53. The molecule has 0 nitrogen and oxygen atoms in total. The smallest absolute Gasteiger partial charge is 0.00977 e. The lowest BCUT2D eigenvalue weighted by Gasteiger charge is -2.40. The minimum atomic E-state index is 0.600. The number of unbranched alkanes of at least 4 members (excludes halogenated alkanes) is 12. The van der Waals surface area contributed by atoms with E-state index >= 15 is 0 Å². The first-order valence-electron chi connectivity index (χ1n) is 14.6. The number of hydrogen-bond donors (Lipinski definition) is 1. The van der Waals surface area contributed by atoms with Gasteiger partial charge < -0.3 is 0 Å². The summed E-state index contributed by atoms with van der Waals surface area (Å²) in [6.45, 7) is 12.3. The van der Waals surface area contributed by atoms with Gasteiger partial charge in [-0.3, -0.25) is 0 Å². The lowest BCUT2D eigenvalue weighted by atomic mass is 9.65. The van der Waals surface area contributed by atoms with Crippen LogP contribution in [0.1, 0.15) is 163 Å². The van der Waals surface area contributed by atoms with Crippen LogP contribution in [-0.2, 0) is 0 Å². The van der Waals surface area contributed by atoms with Crippen molar-refractivity contribution < 1.29 is 0 Å². The molecule has 0 aromatic carbocycles. The molecule has 1 rings (SSSR count). The second kappa shape index (κ2) is 16.9. The van der Waals surface area contributed by atoms with Crippen LogP contribution in [0.5, 0.6) is 0 Å². The van der Waals surface area contributed by atoms with E-state index in [0.29, 0.717) is 10.8 Å². The van der Waals surface area contributed by atoms with Crippen LogP contribution in [0.25, 0.3) is 0 Å². The first-order chi connectivity index (χ1) is 15.0. The molecule has 3 atom stereocenters. The van der Waals surface area contributed by atoms with E-state index in [1.165, 1.54) is 128 Å². The van der Waals surface area contributed by atoms with E-state index < -0.39 is 0 Å². The standard InChI is InChI=1S/C30H60S/c1-6-8-9-10-11-12-13-14-15-16-17-18-19-21-30(28(5)7-2)24-23-29(26-30,27(3)4)22-20-25-31/h27-28,31H,6-26H2,1-5H3. The van der Waals surface area contributed by atoms with Crippen molar-refractivity contribution in [1.82, 2.24) is 0 Å². The van der Waals surface area contributed by atoms with Gasteiger partial charge in [-0.1, -0.05) is 125 Å². The van der Waals surface area contributed by atoms with Gasteiger partial charge in [-0.25, -0.2) is 0 Å². The monoisotopic (exact) mass is 452 g/mol. The highest BCUT2D eigenvalue weighted by Crippen LogP contribution is 2.61. The minimum absolute atomic E-state index is 0.600. The van der Waals surface area contributed by atoms with Crippen molar-refractivity contribution in [3.05, 3.63) is 0 Å². The van der Waals surface area contributed by atoms with Crippen LogP contribution in [0, 0.1) is 22.7 Å². The molecule has 186 valence electrons. The van der Waals surface area contributed by atoms with Gasteiger partial charge in [0.1, 0.15) is 0 Å². The van der Waals surface area contributed by atoms with Gasteiger partial charge in [0.05, 0.1) is 0 Å². The van der Waals surface area contributed by atoms with Gasteiger partial charge in [0.25, 0.3) is 0 Å². The molecule has 0 N–H and O–H groups in total. The molecule has 0 bridgehead atoms. The number of thiol groups is 1. The zero-order chi connectivity index (χ0) is 23.0. The zero-order valence-corrected chi connectivity index (χ0v) is 23.3. The van der Waals surface area contributed by atoms with Gasteiger partial charge >= 0.3 is 0 Å². The molecular formula is C30H60S. The maximum Gasteiger partial charge on any atom is -0.00977 e. The summed E-state index contributed by atoms with van der Waals surface area (Å²) in [5, 5.41) is 0. The average molecular weight is 453 g/mol. The lowest BCUT2D eigenvalue weighted by Crippen LogP contribution is -2.31. The fourth-order valence-corrected chi connectivity index (χ4v) is 6.77. The molecule has 0 saturated heterocycles. The third-order valence-electron chi connectivity index (χ3n) is 9.32. The second-order valence-electron chi connectivity index (χ2n) is 11.7. The molecular weight excluding hydrogens is 392 g/mol. The Hall–Kier alpha value is 0.350. The molecule has 1 heteroatoms. The SMILES string of the molecule is CCCCCCCCCCCCCCCC1(C(C)CC)CCC(CCCS)(C(C)C)C1. The molecule has 0 amide bonds. The molecule has 1 fully saturated rings. The minimum Gasteiger partial charge on any atom is -0.179 e. The molecule has 0 aromatic heterocycles. The van der Waals surface area contributed by atoms with E-state index in [9.17, 15) is 0 Å². The molecule has 0 aliphatic heterocycles. The van der Waals surface area contributed by atoms with E-state index in [4.69, 9.17) is 0 Å². The van der Waals surface area contributed by atoms with Crippen molar-refractivity contribution in [2.75, 3.05) is 5.75 Å². The Bertz CT molecular complexity index is 417. The van der Waals surface area contributed by atoms with E-state index in [0.717, 1.165) is 17.6 Å². The van der Waals surface area contributed by atoms with Gasteiger partial charge in [-0.2, -0.15) is 12.6 Å². The normalized spacial score (nSPS) is 24.9. The summed E-state index contributed by atoms with van der Waals surface area (Å²) >= 11 is 4.53. The Labute approximate surface area is 203 Å². The third-order valence-corrected chi connectivity index (χ3v) is 9.63. The number of rotatable bonds is 20. The zero-order valence-electron chi connectivity index (χ0n) is 22.5. The van der Waals surface area contributed by atoms with Crippen molar-refractivity contribution in [2.24, 2.45) is 22.7 Å². The highest BCUT2D eigenvalue weighted by atomic mass is 32.1. The van der Waals surface area contributed by atoms with Crippen LogP contribution in [0.3, 0.4) is 0 Å². The summed E-state index contributed by atoms with van der Waals surface area (Å²) in [6, 6.07) is 0. The van der Waals surface area contributed by atoms with Gasteiger partial charge in [-0.15, -0.1) is 0 Å². The average Bonchev–Trinajstić information content (AvgIpc) is 3.16. The second-order valence-corrected chi connectivity index (χ2v) is 12.1. The van der Waals surface area contributed by atoms with Crippen molar-refractivity contribution in [3.63, 3.8) is 0 Å². The molecule has 0 heterocycles. The molecule has 31 heavy (non-hydrogen) atoms. The van der Waals surface area contributed by atoms with Gasteiger partial charge in [-0.05, 0) is 66.9 Å². The van der Waals surface area contributed by atoms with Crippen molar-refractivity contribution in [3.8, 4) is 0 Å². The molecule has 0 aromatic rings. The molecule has 0 radical (unpaired) electrons. The van der Waals surface area contributed by atoms with Crippen LogP contribution in [0.15, 0.2) is 0 Å². The summed E-state index contributed by atoms with van der Waals surface area (Å²) in [5.41, 5.74) is 1.23. The fraction of sp³-hybridized carbons (Fsp3) is 1.00. The number of hydrogen-bond acceptors (Lipinski definition) is 1. The first kappa shape index (κ1) is 29.4. The largest absolute Gasteiger partial charge is 0.179 e. The van der Waals surface area contributed by atoms with E-state index in [-0.39, 0.29) is 0 Å². The summed E-state index contributed by atoms with van der Waals surface area (Å²) < 4.78 is 0. The van der Waals surface area contributed by atoms with Crippen LogP contribution >= 0.6 is 12.6 Å². The predicted octanol–water partition coefficient (Wildman–Crippen LogP) is 11.0. The quantitative estimate of drug-likeness (QED) is 0.138. The predicted molar refractivity (Wildman–Crippen MR) is 146 cm³/mol. The highest BCUT2D eigenvalue weighted by molar-refractivity contribution is 7.80. The molecule has 1 saturated carbocycles. The Morgan fingerprint density at radius 1 is 0.613 bits per heavy atom. The summed E-state index contributed by atoms with van der Waals surface area (Å²) in [5.74, 6) is 2.77. The summed E-state index contributed by atoms with van der Waals surface area (Å²) in [6.07, 6.45) is 29.1. The molecule has 1 aliphatic carbocycles. The summed E-state index contributed by atoms with van der Waals surface area (Å²) in [7, 11) is 0. The molecule has 1 aliphatic rings. The third kappa shape index (κ3) is 10.4.